The van der Waals surface area contributed by atoms with E-state index in [4.69, 9.17) is 0 Å². The Labute approximate surface area is 211 Å². The zero-order chi connectivity index (χ0) is 26.5. The molecule has 4 nitrogen and oxygen atoms in total. The normalized spacial score (nSPS) is 30.6. The van der Waals surface area contributed by atoms with Crippen molar-refractivity contribution >= 4 is 15.9 Å². The second-order valence-electron chi connectivity index (χ2n) is 13.5. The summed E-state index contributed by atoms with van der Waals surface area (Å²) in [6.07, 6.45) is 1.08. The third-order valence-corrected chi connectivity index (χ3v) is 11.2. The zero-order valence-electron chi connectivity index (χ0n) is 22.6. The second kappa shape index (κ2) is 7.29. The summed E-state index contributed by atoms with van der Waals surface area (Å²) in [6, 6.07) is 15.3. The van der Waals surface area contributed by atoms with Gasteiger partial charge < -0.3 is 0 Å². The monoisotopic (exact) mass is 496 g/mol. The third-order valence-electron chi connectivity index (χ3n) is 9.66. The lowest BCUT2D eigenvalue weighted by atomic mass is 9.58. The van der Waals surface area contributed by atoms with Gasteiger partial charge in [0.05, 0.1) is 0 Å². The van der Waals surface area contributed by atoms with Crippen LogP contribution in [0.1, 0.15) is 97.4 Å². The summed E-state index contributed by atoms with van der Waals surface area (Å²) in [5, 5.41) is 0. The average molecular weight is 497 g/mol. The largest absolute Gasteiger partial charge is 0.297 e. The third kappa shape index (κ3) is 3.07. The van der Waals surface area contributed by atoms with E-state index in [2.05, 4.69) is 41.5 Å². The van der Waals surface area contributed by atoms with Crippen molar-refractivity contribution in [2.45, 2.75) is 96.1 Å². The molecule has 0 saturated heterocycles. The molecule has 0 radical (unpaired) electrons. The van der Waals surface area contributed by atoms with E-state index < -0.39 is 36.9 Å². The fourth-order valence-electron chi connectivity index (χ4n) is 7.16. The molecule has 2 aromatic rings. The van der Waals surface area contributed by atoms with Crippen molar-refractivity contribution in [3.8, 4) is 0 Å². The first-order chi connectivity index (χ1) is 15.8. The molecule has 190 valence electrons. The van der Waals surface area contributed by atoms with Gasteiger partial charge in [-0.15, -0.1) is 0 Å². The van der Waals surface area contributed by atoms with Crippen LogP contribution in [0.25, 0.3) is 0 Å². The first-order valence-electron chi connectivity index (χ1n) is 12.5. The fraction of sp³-hybridized carbons (Fsp3) is 0.567. The number of hydrogen-bond donors (Lipinski definition) is 1. The smallest absolute Gasteiger partial charge is 0.283 e. The number of carbonyl (C=O) groups is 1. The van der Waals surface area contributed by atoms with Crippen LogP contribution in [0.5, 0.6) is 0 Å². The molecule has 2 fully saturated rings. The number of Topliss-reactive ketones (excluding diaryl/α,β-unsaturated/α-hetero) is 1. The number of hydrogen-bond acceptors (Lipinski definition) is 3. The van der Waals surface area contributed by atoms with Gasteiger partial charge in [0, 0.05) is 10.8 Å². The van der Waals surface area contributed by atoms with E-state index in [-0.39, 0.29) is 10.8 Å². The molecule has 2 saturated carbocycles. The summed E-state index contributed by atoms with van der Waals surface area (Å²) >= 11 is 0. The van der Waals surface area contributed by atoms with Crippen LogP contribution in [-0.4, -0.2) is 18.8 Å². The minimum Gasteiger partial charge on any atom is -0.297 e. The van der Waals surface area contributed by atoms with Gasteiger partial charge in [-0.25, -0.2) is 0 Å². The molecule has 3 unspecified atom stereocenters. The Morgan fingerprint density at radius 3 is 1.49 bits per heavy atom. The molecule has 0 heterocycles. The standard InChI is InChI=1S/C30H40O4S/c1-25(2,3)20-10-14-22(15-11-20)29-19-18-28(9,27(29,7)8)24(31)30(29,35(32,33)34)23-16-12-21(13-17-23)26(4,5)6/h10-17H,18-19H2,1-9H3,(H,32,33,34). The molecule has 5 heteroatoms. The highest BCUT2D eigenvalue weighted by molar-refractivity contribution is 7.87. The second-order valence-corrected chi connectivity index (χ2v) is 15.1. The van der Waals surface area contributed by atoms with Gasteiger partial charge in [0.25, 0.3) is 10.1 Å². The van der Waals surface area contributed by atoms with E-state index in [0.29, 0.717) is 18.4 Å². The van der Waals surface area contributed by atoms with Crippen LogP contribution in [0.3, 0.4) is 0 Å². The molecule has 1 N–H and O–H groups in total. The molecule has 0 aromatic heterocycles. The van der Waals surface area contributed by atoms with Gasteiger partial charge in [-0.2, -0.15) is 8.42 Å². The van der Waals surface area contributed by atoms with Crippen LogP contribution in [0.15, 0.2) is 48.5 Å². The van der Waals surface area contributed by atoms with Crippen molar-refractivity contribution < 1.29 is 17.8 Å². The van der Waals surface area contributed by atoms with Crippen molar-refractivity contribution in [3.63, 3.8) is 0 Å². The molecular weight excluding hydrogens is 456 g/mol. The van der Waals surface area contributed by atoms with Crippen LogP contribution < -0.4 is 0 Å². The highest BCUT2D eigenvalue weighted by atomic mass is 32.2. The minimum absolute atomic E-state index is 0.0651. The lowest BCUT2D eigenvalue weighted by Gasteiger charge is -2.48. The quantitative estimate of drug-likeness (QED) is 0.479. The average Bonchev–Trinajstić information content (AvgIpc) is 3.01. The van der Waals surface area contributed by atoms with Gasteiger partial charge in [0.15, 0.2) is 10.5 Å². The van der Waals surface area contributed by atoms with Crippen molar-refractivity contribution in [3.05, 3.63) is 70.8 Å². The number of rotatable bonds is 3. The van der Waals surface area contributed by atoms with Gasteiger partial charge >= 0.3 is 0 Å². The lowest BCUT2D eigenvalue weighted by Crippen LogP contribution is -2.58. The van der Waals surface area contributed by atoms with Gasteiger partial charge in [-0.1, -0.05) is 111 Å². The van der Waals surface area contributed by atoms with Crippen molar-refractivity contribution in [2.75, 3.05) is 0 Å². The molecule has 0 amide bonds. The summed E-state index contributed by atoms with van der Waals surface area (Å²) in [5.41, 5.74) is 0.408. The maximum atomic E-state index is 14.4. The van der Waals surface area contributed by atoms with Crippen molar-refractivity contribution in [1.29, 1.82) is 0 Å². The lowest BCUT2D eigenvalue weighted by molar-refractivity contribution is -0.130. The van der Waals surface area contributed by atoms with Gasteiger partial charge in [-0.05, 0) is 51.3 Å². The van der Waals surface area contributed by atoms with Crippen LogP contribution in [0, 0.1) is 10.8 Å². The Bertz CT molecular complexity index is 1270. The topological polar surface area (TPSA) is 71.4 Å². The molecule has 2 aliphatic carbocycles. The Hall–Kier alpha value is -1.98. The van der Waals surface area contributed by atoms with E-state index >= 15 is 0 Å². The molecule has 2 aromatic carbocycles. The highest BCUT2D eigenvalue weighted by Crippen LogP contribution is 2.78. The number of ketones is 1. The van der Waals surface area contributed by atoms with Gasteiger partial charge in [0.1, 0.15) is 0 Å². The summed E-state index contributed by atoms with van der Waals surface area (Å²) in [6.45, 7) is 18.6. The Morgan fingerprint density at radius 2 is 1.11 bits per heavy atom. The summed E-state index contributed by atoms with van der Waals surface area (Å²) in [7, 11) is -4.85. The van der Waals surface area contributed by atoms with E-state index in [0.717, 1.165) is 16.7 Å². The predicted molar refractivity (Wildman–Crippen MR) is 141 cm³/mol. The predicted octanol–water partition coefficient (Wildman–Crippen LogP) is 6.71. The first kappa shape index (κ1) is 26.1. The van der Waals surface area contributed by atoms with Crippen molar-refractivity contribution in [2.24, 2.45) is 10.8 Å². The zero-order valence-corrected chi connectivity index (χ0v) is 23.4. The molecule has 0 aliphatic heterocycles. The van der Waals surface area contributed by atoms with E-state index in [1.807, 2.05) is 57.2 Å². The Morgan fingerprint density at radius 1 is 0.714 bits per heavy atom. The summed E-state index contributed by atoms with van der Waals surface area (Å²) in [4.78, 5) is 14.4. The molecule has 35 heavy (non-hydrogen) atoms. The molecule has 3 atom stereocenters. The maximum Gasteiger partial charge on any atom is 0.283 e. The molecule has 2 bridgehead atoms. The highest BCUT2D eigenvalue weighted by Gasteiger charge is 2.85. The van der Waals surface area contributed by atoms with E-state index in [1.54, 1.807) is 12.1 Å². The van der Waals surface area contributed by atoms with Gasteiger partial charge in [-0.3, -0.25) is 9.35 Å². The Kier molecular flexibility index (Phi) is 5.43. The first-order valence-corrected chi connectivity index (χ1v) is 14.0. The number of fused-ring (bicyclic) bond motifs is 2. The van der Waals surface area contributed by atoms with E-state index in [1.165, 1.54) is 0 Å². The van der Waals surface area contributed by atoms with Crippen LogP contribution in [0.2, 0.25) is 0 Å². The molecule has 4 rings (SSSR count). The maximum absolute atomic E-state index is 14.4. The number of benzene rings is 2. The van der Waals surface area contributed by atoms with Crippen LogP contribution in [-0.2, 0) is 35.9 Å². The van der Waals surface area contributed by atoms with Crippen LogP contribution in [0.4, 0.5) is 0 Å². The number of carbonyl (C=O) groups excluding carboxylic acids is 1. The SMILES string of the molecule is CC(C)(C)c1ccc(C23CCC(C)(C(=O)C2(c2ccc(C(C)(C)C)cc2)S(=O)(=O)O)C3(C)C)cc1. The summed E-state index contributed by atoms with van der Waals surface area (Å²) < 4.78 is 36.2. The minimum atomic E-state index is -4.85. The molecular formula is C30H40O4S. The van der Waals surface area contributed by atoms with E-state index in [9.17, 15) is 17.8 Å². The summed E-state index contributed by atoms with van der Waals surface area (Å²) in [5.74, 6) is -0.396. The molecule has 2 aliphatic rings. The van der Waals surface area contributed by atoms with Gasteiger partial charge in [0.2, 0.25) is 0 Å². The van der Waals surface area contributed by atoms with Crippen molar-refractivity contribution in [1.82, 2.24) is 0 Å². The molecule has 0 spiro atoms. The fourth-order valence-corrected chi connectivity index (χ4v) is 8.97. The van der Waals surface area contributed by atoms with Crippen LogP contribution >= 0.6 is 0 Å². The Balaban J connectivity index is 2.10.